The first-order valence-corrected chi connectivity index (χ1v) is 5.48. The first kappa shape index (κ1) is 12.9. The molecule has 1 aromatic carbocycles. The first-order valence-electron chi connectivity index (χ1n) is 5.48. The van der Waals surface area contributed by atoms with Crippen LogP contribution in [0, 0.1) is 22.7 Å². The van der Waals surface area contributed by atoms with Crippen molar-refractivity contribution in [2.45, 2.75) is 31.6 Å². The molecule has 1 aromatic rings. The Bertz CT molecular complexity index is 467. The van der Waals surface area contributed by atoms with E-state index in [1.807, 2.05) is 36.4 Å². The van der Waals surface area contributed by atoms with Crippen LogP contribution < -0.4 is 0 Å². The highest BCUT2D eigenvalue weighted by molar-refractivity contribution is 5.88. The number of ketones is 1. The third-order valence-corrected chi connectivity index (χ3v) is 3.04. The second-order valence-electron chi connectivity index (χ2n) is 4.00. The van der Waals surface area contributed by atoms with E-state index in [0.29, 0.717) is 6.42 Å². The fourth-order valence-electron chi connectivity index (χ4n) is 2.00. The Morgan fingerprint density at radius 2 is 1.88 bits per heavy atom. The van der Waals surface area contributed by atoms with Gasteiger partial charge in [0.1, 0.15) is 5.78 Å². The number of Topliss-reactive ketones (excluding diaryl/α,β-unsaturated/α-hetero) is 1. The normalized spacial score (nSPS) is 13.1. The highest BCUT2D eigenvalue weighted by Crippen LogP contribution is 2.33. The molecule has 0 amide bonds. The number of benzene rings is 1. The van der Waals surface area contributed by atoms with Gasteiger partial charge >= 0.3 is 0 Å². The van der Waals surface area contributed by atoms with Crippen LogP contribution in [0.2, 0.25) is 0 Å². The first-order chi connectivity index (χ1) is 8.17. The summed E-state index contributed by atoms with van der Waals surface area (Å²) in [5.74, 6) is -0.0551. The largest absolute Gasteiger partial charge is 0.299 e. The highest BCUT2D eigenvalue weighted by Gasteiger charge is 2.36. The minimum absolute atomic E-state index is 0.0551. The minimum Gasteiger partial charge on any atom is -0.299 e. The van der Waals surface area contributed by atoms with Gasteiger partial charge in [0.2, 0.25) is 0 Å². The van der Waals surface area contributed by atoms with Crippen molar-refractivity contribution in [3.63, 3.8) is 0 Å². The molecule has 1 atom stereocenters. The summed E-state index contributed by atoms with van der Waals surface area (Å²) in [5, 5.41) is 17.6. The summed E-state index contributed by atoms with van der Waals surface area (Å²) in [5.41, 5.74) is -0.00421. The van der Waals surface area contributed by atoms with Gasteiger partial charge < -0.3 is 0 Å². The molecule has 0 aliphatic rings. The second kappa shape index (κ2) is 5.82. The molecular formula is C14H14N2O. The van der Waals surface area contributed by atoms with Crippen molar-refractivity contribution in [1.29, 1.82) is 10.5 Å². The van der Waals surface area contributed by atoms with E-state index in [2.05, 4.69) is 6.07 Å². The molecule has 0 bridgehead atoms. The number of rotatable bonds is 5. The van der Waals surface area contributed by atoms with Crippen LogP contribution in [0.1, 0.15) is 31.7 Å². The van der Waals surface area contributed by atoms with E-state index in [4.69, 9.17) is 10.5 Å². The second-order valence-corrected chi connectivity index (χ2v) is 4.00. The van der Waals surface area contributed by atoms with Crippen LogP contribution in [0.25, 0.3) is 0 Å². The van der Waals surface area contributed by atoms with Crippen molar-refractivity contribution in [2.24, 2.45) is 0 Å². The van der Waals surface area contributed by atoms with Crippen molar-refractivity contribution in [3.8, 4) is 12.1 Å². The van der Waals surface area contributed by atoms with Crippen molar-refractivity contribution >= 4 is 5.78 Å². The third kappa shape index (κ3) is 2.71. The van der Waals surface area contributed by atoms with Gasteiger partial charge in [-0.25, -0.2) is 0 Å². The lowest BCUT2D eigenvalue weighted by Crippen LogP contribution is -2.33. The number of carbonyl (C=O) groups excluding carboxylic acids is 1. The number of nitriles is 2. The lowest BCUT2D eigenvalue weighted by molar-refractivity contribution is -0.122. The van der Waals surface area contributed by atoms with Gasteiger partial charge in [0.05, 0.1) is 24.0 Å². The van der Waals surface area contributed by atoms with Crippen LogP contribution in [0.4, 0.5) is 0 Å². The van der Waals surface area contributed by atoms with Gasteiger partial charge in [-0.1, -0.05) is 30.3 Å². The maximum Gasteiger partial charge on any atom is 0.141 e. The number of nitrogens with zero attached hydrogens (tertiary/aromatic N) is 2. The Labute approximate surface area is 101 Å². The van der Waals surface area contributed by atoms with E-state index in [-0.39, 0.29) is 18.6 Å². The lowest BCUT2D eigenvalue weighted by Gasteiger charge is -2.28. The molecule has 0 spiro atoms. The van der Waals surface area contributed by atoms with Crippen LogP contribution in [-0.4, -0.2) is 5.78 Å². The number of hydrogen-bond donors (Lipinski definition) is 0. The Morgan fingerprint density at radius 3 is 2.35 bits per heavy atom. The van der Waals surface area contributed by atoms with E-state index >= 15 is 0 Å². The monoisotopic (exact) mass is 226 g/mol. The number of hydrogen-bond acceptors (Lipinski definition) is 3. The molecule has 0 N–H and O–H groups in total. The lowest BCUT2D eigenvalue weighted by atomic mass is 9.72. The molecule has 1 rings (SSSR count). The molecular weight excluding hydrogens is 212 g/mol. The fourth-order valence-corrected chi connectivity index (χ4v) is 2.00. The maximum atomic E-state index is 11.9. The molecule has 0 aliphatic carbocycles. The number of carbonyl (C=O) groups is 1. The summed E-state index contributed by atoms with van der Waals surface area (Å²) >= 11 is 0. The smallest absolute Gasteiger partial charge is 0.141 e. The van der Waals surface area contributed by atoms with Gasteiger partial charge in [-0.3, -0.25) is 4.79 Å². The molecule has 0 saturated heterocycles. The predicted molar refractivity (Wildman–Crippen MR) is 63.9 cm³/mol. The Balaban J connectivity index is 3.21. The van der Waals surface area contributed by atoms with Gasteiger partial charge in [-0.15, -0.1) is 0 Å². The van der Waals surface area contributed by atoms with E-state index < -0.39 is 5.41 Å². The van der Waals surface area contributed by atoms with E-state index in [0.717, 1.165) is 5.56 Å². The van der Waals surface area contributed by atoms with Gasteiger partial charge in [0, 0.05) is 6.42 Å². The quantitative estimate of drug-likeness (QED) is 0.775. The standard InChI is InChI=1S/C14H14N2O/c1-12(17)14(9-11-16,8-5-10-15)13-6-3-2-4-7-13/h2-4,6-7H,5,8-9H2,1H3. The maximum absolute atomic E-state index is 11.9. The van der Waals surface area contributed by atoms with Crippen molar-refractivity contribution in [3.05, 3.63) is 35.9 Å². The van der Waals surface area contributed by atoms with Crippen LogP contribution >= 0.6 is 0 Å². The minimum atomic E-state index is -0.828. The summed E-state index contributed by atoms with van der Waals surface area (Å²) in [7, 11) is 0. The SMILES string of the molecule is CC(=O)C(CC#N)(CCC#N)c1ccccc1. The molecule has 0 radical (unpaired) electrons. The topological polar surface area (TPSA) is 64.7 Å². The average molecular weight is 226 g/mol. The van der Waals surface area contributed by atoms with Gasteiger partial charge in [0.25, 0.3) is 0 Å². The molecule has 0 heterocycles. The van der Waals surface area contributed by atoms with E-state index in [1.165, 1.54) is 6.92 Å². The zero-order chi connectivity index (χ0) is 12.7. The molecule has 1 unspecified atom stereocenters. The highest BCUT2D eigenvalue weighted by atomic mass is 16.1. The molecule has 0 aliphatic heterocycles. The van der Waals surface area contributed by atoms with Gasteiger partial charge in [-0.2, -0.15) is 10.5 Å². The summed E-state index contributed by atoms with van der Waals surface area (Å²) in [6.07, 6.45) is 0.792. The molecule has 0 aromatic heterocycles. The average Bonchev–Trinajstić information content (AvgIpc) is 2.35. The summed E-state index contributed by atoms with van der Waals surface area (Å²) < 4.78 is 0. The fraction of sp³-hybridized carbons (Fsp3) is 0.357. The zero-order valence-electron chi connectivity index (χ0n) is 9.81. The summed E-state index contributed by atoms with van der Waals surface area (Å²) in [4.78, 5) is 11.9. The van der Waals surface area contributed by atoms with Crippen molar-refractivity contribution < 1.29 is 4.79 Å². The molecule has 17 heavy (non-hydrogen) atoms. The van der Waals surface area contributed by atoms with Crippen LogP contribution in [0.5, 0.6) is 0 Å². The van der Waals surface area contributed by atoms with E-state index in [9.17, 15) is 4.79 Å². The van der Waals surface area contributed by atoms with E-state index in [1.54, 1.807) is 0 Å². The predicted octanol–water partition coefficient (Wildman–Crippen LogP) is 2.73. The van der Waals surface area contributed by atoms with Crippen molar-refractivity contribution in [2.75, 3.05) is 0 Å². The van der Waals surface area contributed by atoms with Crippen LogP contribution in [-0.2, 0) is 10.2 Å². The molecule has 3 nitrogen and oxygen atoms in total. The molecule has 0 fully saturated rings. The summed E-state index contributed by atoms with van der Waals surface area (Å²) in [6.45, 7) is 1.49. The summed E-state index contributed by atoms with van der Waals surface area (Å²) in [6, 6.07) is 13.4. The molecule has 3 heteroatoms. The van der Waals surface area contributed by atoms with Crippen LogP contribution in [0.15, 0.2) is 30.3 Å². The Hall–Kier alpha value is -2.13. The Kier molecular flexibility index (Phi) is 4.43. The molecule has 86 valence electrons. The van der Waals surface area contributed by atoms with Crippen molar-refractivity contribution in [1.82, 2.24) is 0 Å². The van der Waals surface area contributed by atoms with Gasteiger partial charge in [-0.05, 0) is 18.9 Å². The Morgan fingerprint density at radius 1 is 1.24 bits per heavy atom. The third-order valence-electron chi connectivity index (χ3n) is 3.04. The molecule has 0 saturated carbocycles. The van der Waals surface area contributed by atoms with Crippen LogP contribution in [0.3, 0.4) is 0 Å². The van der Waals surface area contributed by atoms with Gasteiger partial charge in [0.15, 0.2) is 0 Å². The zero-order valence-corrected chi connectivity index (χ0v) is 9.81.